The van der Waals surface area contributed by atoms with Gasteiger partial charge in [-0.2, -0.15) is 0 Å². The molecule has 1 heterocycles. The topological polar surface area (TPSA) is 33.7 Å². The highest BCUT2D eigenvalue weighted by atomic mass is 79.9. The van der Waals surface area contributed by atoms with E-state index in [0.29, 0.717) is 6.61 Å². The Hall–Kier alpha value is 0.440. The smallest absolute Gasteiger partial charge is 0.147 e. The first-order chi connectivity index (χ1) is 10.7. The SMILES string of the molecule is CCOc1c(Br)cc(CNCCCN2CCOCC2)cc1Br.Cl.Cl. The number of nitrogens with one attached hydrogen (secondary N) is 1. The number of hydrogen-bond donors (Lipinski definition) is 1. The number of ether oxygens (including phenoxy) is 2. The molecule has 0 aromatic heterocycles. The van der Waals surface area contributed by atoms with Gasteiger partial charge in [0.2, 0.25) is 0 Å². The van der Waals surface area contributed by atoms with Gasteiger partial charge in [0.05, 0.1) is 28.8 Å². The summed E-state index contributed by atoms with van der Waals surface area (Å²) in [5, 5.41) is 3.51. The highest BCUT2D eigenvalue weighted by Gasteiger charge is 2.10. The van der Waals surface area contributed by atoms with Crippen LogP contribution in [0.25, 0.3) is 0 Å². The zero-order valence-corrected chi connectivity index (χ0v) is 18.7. The molecule has 0 radical (unpaired) electrons. The summed E-state index contributed by atoms with van der Waals surface area (Å²) in [7, 11) is 0. The van der Waals surface area contributed by atoms with Crippen molar-refractivity contribution in [1.82, 2.24) is 10.2 Å². The third-order valence-corrected chi connectivity index (χ3v) is 4.79. The van der Waals surface area contributed by atoms with Gasteiger partial charge >= 0.3 is 0 Å². The molecular weight excluding hydrogens is 483 g/mol. The van der Waals surface area contributed by atoms with Crippen molar-refractivity contribution in [2.75, 3.05) is 46.0 Å². The molecule has 0 unspecified atom stereocenters. The van der Waals surface area contributed by atoms with E-state index in [1.807, 2.05) is 6.92 Å². The average molecular weight is 509 g/mol. The predicted octanol–water partition coefficient (Wildman–Crippen LogP) is 4.27. The summed E-state index contributed by atoms with van der Waals surface area (Å²) in [4.78, 5) is 2.47. The molecule has 0 saturated carbocycles. The Morgan fingerprint density at radius 1 is 1.17 bits per heavy atom. The number of rotatable bonds is 8. The van der Waals surface area contributed by atoms with Crippen molar-refractivity contribution in [3.8, 4) is 5.75 Å². The second-order valence-electron chi connectivity index (χ2n) is 5.31. The van der Waals surface area contributed by atoms with Crippen molar-refractivity contribution in [1.29, 1.82) is 0 Å². The second kappa shape index (κ2) is 13.6. The van der Waals surface area contributed by atoms with Gasteiger partial charge in [-0.1, -0.05) is 0 Å². The van der Waals surface area contributed by atoms with Crippen LogP contribution in [0.2, 0.25) is 0 Å². The van der Waals surface area contributed by atoms with E-state index in [4.69, 9.17) is 9.47 Å². The van der Waals surface area contributed by atoms with Gasteiger partial charge in [0.25, 0.3) is 0 Å². The fraction of sp³-hybridized carbons (Fsp3) is 0.625. The summed E-state index contributed by atoms with van der Waals surface area (Å²) in [5.74, 6) is 0.874. The average Bonchev–Trinajstić information content (AvgIpc) is 2.52. The van der Waals surface area contributed by atoms with Gasteiger partial charge in [0, 0.05) is 19.6 Å². The van der Waals surface area contributed by atoms with E-state index in [2.05, 4.69) is 54.2 Å². The van der Waals surface area contributed by atoms with Gasteiger partial charge in [-0.25, -0.2) is 0 Å². The van der Waals surface area contributed by atoms with Crippen LogP contribution in [0.1, 0.15) is 18.9 Å². The number of halogens is 4. The lowest BCUT2D eigenvalue weighted by Gasteiger charge is -2.26. The van der Waals surface area contributed by atoms with Gasteiger partial charge in [0.1, 0.15) is 5.75 Å². The van der Waals surface area contributed by atoms with E-state index >= 15 is 0 Å². The molecule has 1 aromatic rings. The fourth-order valence-electron chi connectivity index (χ4n) is 2.48. The van der Waals surface area contributed by atoms with Crippen LogP contribution in [-0.2, 0) is 11.3 Å². The lowest BCUT2D eigenvalue weighted by atomic mass is 10.2. The Morgan fingerprint density at radius 3 is 2.38 bits per heavy atom. The van der Waals surface area contributed by atoms with E-state index < -0.39 is 0 Å². The maximum atomic E-state index is 5.60. The standard InChI is InChI=1S/C16H24Br2N2O2.2ClH/c1-2-22-16-14(17)10-13(11-15(16)18)12-19-4-3-5-20-6-8-21-9-7-20;;/h10-11,19H,2-9,12H2,1H3;2*1H. The van der Waals surface area contributed by atoms with Crippen molar-refractivity contribution in [2.24, 2.45) is 0 Å². The first kappa shape index (κ1) is 24.4. The Labute approximate surface area is 174 Å². The van der Waals surface area contributed by atoms with Crippen molar-refractivity contribution in [3.63, 3.8) is 0 Å². The van der Waals surface area contributed by atoms with Gasteiger partial charge < -0.3 is 14.8 Å². The third kappa shape index (κ3) is 8.21. The van der Waals surface area contributed by atoms with Crippen LogP contribution in [0.4, 0.5) is 0 Å². The Bertz CT molecular complexity index is 452. The summed E-state index contributed by atoms with van der Waals surface area (Å²) in [6.07, 6.45) is 1.17. The molecule has 1 aromatic carbocycles. The summed E-state index contributed by atoms with van der Waals surface area (Å²) in [6, 6.07) is 4.23. The molecule has 24 heavy (non-hydrogen) atoms. The lowest BCUT2D eigenvalue weighted by molar-refractivity contribution is 0.0374. The van der Waals surface area contributed by atoms with Gasteiger partial charge in [0.15, 0.2) is 0 Å². The molecule has 0 spiro atoms. The van der Waals surface area contributed by atoms with E-state index in [1.54, 1.807) is 0 Å². The minimum atomic E-state index is 0. The van der Waals surface area contributed by atoms with Crippen LogP contribution in [-0.4, -0.2) is 50.9 Å². The number of nitrogens with zero attached hydrogens (tertiary/aromatic N) is 1. The number of morpholine rings is 1. The fourth-order valence-corrected chi connectivity index (χ4v) is 3.99. The maximum Gasteiger partial charge on any atom is 0.147 e. The second-order valence-corrected chi connectivity index (χ2v) is 7.01. The first-order valence-corrected chi connectivity index (χ1v) is 9.41. The molecule has 0 amide bonds. The number of hydrogen-bond acceptors (Lipinski definition) is 4. The van der Waals surface area contributed by atoms with Crippen LogP contribution in [0.15, 0.2) is 21.1 Å². The van der Waals surface area contributed by atoms with Crippen LogP contribution in [0.3, 0.4) is 0 Å². The molecule has 140 valence electrons. The van der Waals surface area contributed by atoms with E-state index in [0.717, 1.165) is 60.6 Å². The lowest BCUT2D eigenvalue weighted by Crippen LogP contribution is -2.37. The quantitative estimate of drug-likeness (QED) is 0.532. The Kier molecular flexibility index (Phi) is 13.9. The normalized spacial score (nSPS) is 14.6. The third-order valence-electron chi connectivity index (χ3n) is 3.61. The van der Waals surface area contributed by atoms with Gasteiger partial charge in [-0.15, -0.1) is 24.8 Å². The highest BCUT2D eigenvalue weighted by Crippen LogP contribution is 2.34. The van der Waals surface area contributed by atoms with E-state index in [9.17, 15) is 0 Å². The molecule has 1 fully saturated rings. The molecular formula is C16H26Br2Cl2N2O2. The van der Waals surface area contributed by atoms with Crippen molar-refractivity contribution in [3.05, 3.63) is 26.6 Å². The number of benzene rings is 1. The maximum absolute atomic E-state index is 5.60. The molecule has 1 saturated heterocycles. The zero-order chi connectivity index (χ0) is 15.8. The molecule has 4 nitrogen and oxygen atoms in total. The molecule has 8 heteroatoms. The Morgan fingerprint density at radius 2 is 1.79 bits per heavy atom. The molecule has 0 bridgehead atoms. The largest absolute Gasteiger partial charge is 0.492 e. The minimum absolute atomic E-state index is 0. The van der Waals surface area contributed by atoms with Gasteiger partial charge in [-0.3, -0.25) is 4.90 Å². The summed E-state index contributed by atoms with van der Waals surface area (Å²) >= 11 is 7.14. The monoisotopic (exact) mass is 506 g/mol. The van der Waals surface area contributed by atoms with E-state index in [1.165, 1.54) is 12.0 Å². The molecule has 2 rings (SSSR count). The predicted molar refractivity (Wildman–Crippen MR) is 111 cm³/mol. The zero-order valence-electron chi connectivity index (χ0n) is 13.9. The van der Waals surface area contributed by atoms with E-state index in [-0.39, 0.29) is 24.8 Å². The summed E-state index contributed by atoms with van der Waals surface area (Å²) in [6.45, 7) is 9.58. The van der Waals surface area contributed by atoms with Crippen molar-refractivity contribution in [2.45, 2.75) is 19.9 Å². The summed E-state index contributed by atoms with van der Waals surface area (Å²) in [5.41, 5.74) is 1.24. The molecule has 1 aliphatic heterocycles. The molecule has 1 N–H and O–H groups in total. The summed E-state index contributed by atoms with van der Waals surface area (Å²) < 4.78 is 12.9. The highest BCUT2D eigenvalue weighted by molar-refractivity contribution is 9.11. The van der Waals surface area contributed by atoms with Crippen LogP contribution < -0.4 is 10.1 Å². The Balaban J connectivity index is 0.00000264. The van der Waals surface area contributed by atoms with Crippen molar-refractivity contribution < 1.29 is 9.47 Å². The molecule has 0 atom stereocenters. The molecule has 0 aliphatic carbocycles. The first-order valence-electron chi connectivity index (χ1n) is 7.82. The van der Waals surface area contributed by atoms with Crippen molar-refractivity contribution >= 4 is 56.7 Å². The molecule has 1 aliphatic rings. The van der Waals surface area contributed by atoms with Crippen LogP contribution >= 0.6 is 56.7 Å². The minimum Gasteiger partial charge on any atom is -0.492 e. The van der Waals surface area contributed by atoms with Crippen LogP contribution in [0, 0.1) is 0 Å². The van der Waals surface area contributed by atoms with Gasteiger partial charge in [-0.05, 0) is 76.0 Å². The van der Waals surface area contributed by atoms with Crippen LogP contribution in [0.5, 0.6) is 5.75 Å².